The lowest BCUT2D eigenvalue weighted by Crippen LogP contribution is -2.45. The third-order valence-corrected chi connectivity index (χ3v) is 9.19. The first-order valence-electron chi connectivity index (χ1n) is 12.8. The topological polar surface area (TPSA) is 8.81 Å². The minimum Gasteiger partial charge on any atom is -0.229 e. The van der Waals surface area contributed by atoms with Crippen LogP contribution in [0.4, 0.5) is 0 Å². The van der Waals surface area contributed by atoms with Gasteiger partial charge < -0.3 is 0 Å². The smallest absolute Gasteiger partial charge is 0.229 e. The zero-order valence-corrected chi connectivity index (χ0v) is 24.2. The summed E-state index contributed by atoms with van der Waals surface area (Å²) in [5, 5.41) is 4.18. The van der Waals surface area contributed by atoms with E-state index in [-0.39, 0.29) is 5.41 Å². The van der Waals surface area contributed by atoms with Crippen molar-refractivity contribution >= 4 is 35.1 Å². The zero-order valence-electron chi connectivity index (χ0n) is 23.2. The molecule has 4 aromatic rings. The third-order valence-electron chi connectivity index (χ3n) is 7.17. The van der Waals surface area contributed by atoms with Gasteiger partial charge in [0.25, 0.3) is 5.82 Å². The summed E-state index contributed by atoms with van der Waals surface area (Å²) in [6.07, 6.45) is 0. The Balaban J connectivity index is 2.32. The molecule has 34 heavy (non-hydrogen) atoms. The van der Waals surface area contributed by atoms with E-state index in [0.29, 0.717) is 11.8 Å². The molecule has 0 bridgehead atoms. The molecule has 0 aliphatic rings. The van der Waals surface area contributed by atoms with Crippen molar-refractivity contribution in [3.8, 4) is 5.69 Å². The Bertz CT molecular complexity index is 1350. The SMILES string of the molecule is CC(C)c1cc([Si](C)(C)C)cc(C(C)C)c1-[n+]1c(C(C)(C)C)n(C)c2ccc3ccccc3c21. The summed E-state index contributed by atoms with van der Waals surface area (Å²) >= 11 is 0. The molecule has 0 spiro atoms. The van der Waals surface area contributed by atoms with Gasteiger partial charge in [-0.3, -0.25) is 0 Å². The Morgan fingerprint density at radius 3 is 1.88 bits per heavy atom. The fourth-order valence-corrected chi connectivity index (χ4v) is 6.60. The molecular formula is C31H43N2Si+. The molecule has 0 unspecified atom stereocenters. The monoisotopic (exact) mass is 471 g/mol. The maximum absolute atomic E-state index is 2.64. The highest BCUT2D eigenvalue weighted by Gasteiger charge is 2.37. The number of rotatable bonds is 4. The average Bonchev–Trinajstić information content (AvgIpc) is 3.04. The maximum atomic E-state index is 2.64. The minimum absolute atomic E-state index is 0.0190. The molecule has 0 radical (unpaired) electrons. The van der Waals surface area contributed by atoms with Gasteiger partial charge in [-0.2, -0.15) is 4.57 Å². The van der Waals surface area contributed by atoms with Crippen LogP contribution in [0.1, 0.15) is 77.3 Å². The van der Waals surface area contributed by atoms with Gasteiger partial charge in [0.1, 0.15) is 5.69 Å². The summed E-state index contributed by atoms with van der Waals surface area (Å²) in [5.41, 5.74) is 6.95. The van der Waals surface area contributed by atoms with Crippen molar-refractivity contribution in [1.29, 1.82) is 0 Å². The standard InChI is InChI=1S/C31H43N2Si/c1-20(2)25-18-23(34(9,10)11)19-26(21(3)4)28(25)33-29-24-15-13-12-14-22(24)16-17-27(29)32(8)30(33)31(5,6)7/h12-21H,1-11H3/q+1. The summed E-state index contributed by atoms with van der Waals surface area (Å²) in [6, 6.07) is 18.5. The van der Waals surface area contributed by atoms with Crippen LogP contribution >= 0.6 is 0 Å². The minimum atomic E-state index is -1.47. The quantitative estimate of drug-likeness (QED) is 0.213. The van der Waals surface area contributed by atoms with Gasteiger partial charge in [0.2, 0.25) is 0 Å². The van der Waals surface area contributed by atoms with Crippen molar-refractivity contribution in [3.05, 3.63) is 65.5 Å². The Kier molecular flexibility index (Phi) is 6.09. The third kappa shape index (κ3) is 4.02. The van der Waals surface area contributed by atoms with Crippen molar-refractivity contribution < 1.29 is 4.57 Å². The maximum Gasteiger partial charge on any atom is 0.267 e. The van der Waals surface area contributed by atoms with Crippen LogP contribution in [0.5, 0.6) is 0 Å². The second-order valence-corrected chi connectivity index (χ2v) is 17.8. The van der Waals surface area contributed by atoms with Gasteiger partial charge in [-0.25, -0.2) is 4.57 Å². The van der Waals surface area contributed by atoms with Crippen LogP contribution in [-0.4, -0.2) is 12.6 Å². The molecule has 1 aromatic heterocycles. The van der Waals surface area contributed by atoms with Crippen LogP contribution in [0.25, 0.3) is 27.5 Å². The molecule has 0 fully saturated rings. The predicted molar refractivity (Wildman–Crippen MR) is 152 cm³/mol. The van der Waals surface area contributed by atoms with Crippen molar-refractivity contribution in [2.45, 2.75) is 85.4 Å². The Morgan fingerprint density at radius 2 is 1.38 bits per heavy atom. The number of fused-ring (bicyclic) bond motifs is 3. The molecule has 0 atom stereocenters. The molecule has 0 N–H and O–H groups in total. The van der Waals surface area contributed by atoms with Crippen LogP contribution in [-0.2, 0) is 12.5 Å². The molecule has 0 aliphatic carbocycles. The van der Waals surface area contributed by atoms with E-state index >= 15 is 0 Å². The van der Waals surface area contributed by atoms with Crippen molar-refractivity contribution in [2.24, 2.45) is 7.05 Å². The number of nitrogens with zero attached hydrogens (tertiary/aromatic N) is 2. The molecule has 0 saturated carbocycles. The van der Waals surface area contributed by atoms with E-state index < -0.39 is 8.07 Å². The van der Waals surface area contributed by atoms with Gasteiger partial charge in [0.05, 0.1) is 20.5 Å². The Labute approximate surface area is 207 Å². The lowest BCUT2D eigenvalue weighted by Gasteiger charge is -2.26. The lowest BCUT2D eigenvalue weighted by atomic mass is 9.90. The van der Waals surface area contributed by atoms with E-state index in [0.717, 1.165) is 0 Å². The van der Waals surface area contributed by atoms with Gasteiger partial charge in [-0.15, -0.1) is 0 Å². The molecule has 0 amide bonds. The highest BCUT2D eigenvalue weighted by molar-refractivity contribution is 6.88. The molecule has 0 aliphatic heterocycles. The Morgan fingerprint density at radius 1 is 0.824 bits per heavy atom. The van der Waals surface area contributed by atoms with Gasteiger partial charge in [0, 0.05) is 16.5 Å². The molecule has 3 heteroatoms. The summed E-state index contributed by atoms with van der Waals surface area (Å²) < 4.78 is 5.07. The second kappa shape index (κ2) is 8.37. The zero-order chi connectivity index (χ0) is 25.2. The summed E-state index contributed by atoms with van der Waals surface area (Å²) in [6.45, 7) is 23.9. The van der Waals surface area contributed by atoms with Crippen LogP contribution in [0, 0.1) is 0 Å². The number of benzene rings is 3. The highest BCUT2D eigenvalue weighted by atomic mass is 28.3. The van der Waals surface area contributed by atoms with Gasteiger partial charge in [-0.05, 0) is 56.2 Å². The first kappa shape index (κ1) is 24.7. The number of aromatic nitrogens is 2. The lowest BCUT2D eigenvalue weighted by molar-refractivity contribution is -0.582. The van der Waals surface area contributed by atoms with Crippen LogP contribution < -0.4 is 9.75 Å². The summed E-state index contributed by atoms with van der Waals surface area (Å²) in [4.78, 5) is 0. The van der Waals surface area contributed by atoms with E-state index in [2.05, 4.69) is 133 Å². The van der Waals surface area contributed by atoms with Gasteiger partial charge in [0.15, 0.2) is 11.0 Å². The van der Waals surface area contributed by atoms with E-state index in [9.17, 15) is 0 Å². The van der Waals surface area contributed by atoms with E-state index in [1.165, 1.54) is 44.4 Å². The predicted octanol–water partition coefficient (Wildman–Crippen LogP) is 7.70. The van der Waals surface area contributed by atoms with E-state index in [1.54, 1.807) is 5.19 Å². The molecule has 0 saturated heterocycles. The first-order valence-corrected chi connectivity index (χ1v) is 16.3. The molecule has 2 nitrogen and oxygen atoms in total. The van der Waals surface area contributed by atoms with Crippen molar-refractivity contribution in [1.82, 2.24) is 4.57 Å². The number of hydrogen-bond acceptors (Lipinski definition) is 0. The van der Waals surface area contributed by atoms with Crippen molar-refractivity contribution in [2.75, 3.05) is 0 Å². The molecule has 4 rings (SSSR count). The van der Waals surface area contributed by atoms with Crippen LogP contribution in [0.15, 0.2) is 48.5 Å². The molecule has 180 valence electrons. The number of hydrogen-bond donors (Lipinski definition) is 0. The molecular weight excluding hydrogens is 428 g/mol. The molecule has 3 aromatic carbocycles. The van der Waals surface area contributed by atoms with Gasteiger partial charge >= 0.3 is 0 Å². The largest absolute Gasteiger partial charge is 0.267 e. The van der Waals surface area contributed by atoms with Crippen LogP contribution in [0.3, 0.4) is 0 Å². The second-order valence-electron chi connectivity index (χ2n) is 12.7. The highest BCUT2D eigenvalue weighted by Crippen LogP contribution is 2.35. The summed E-state index contributed by atoms with van der Waals surface area (Å²) in [7, 11) is 0.776. The van der Waals surface area contributed by atoms with Crippen LogP contribution in [0.2, 0.25) is 19.6 Å². The normalized spacial score (nSPS) is 13.1. The first-order chi connectivity index (χ1) is 15.7. The molecule has 1 heterocycles. The fourth-order valence-electron chi connectivity index (χ4n) is 5.43. The van der Waals surface area contributed by atoms with E-state index in [1.807, 2.05) is 0 Å². The summed E-state index contributed by atoms with van der Waals surface area (Å²) in [5.74, 6) is 2.23. The van der Waals surface area contributed by atoms with Gasteiger partial charge in [-0.1, -0.05) is 82.9 Å². The van der Waals surface area contributed by atoms with E-state index in [4.69, 9.17) is 0 Å². The Hall–Kier alpha value is -2.39. The fraction of sp³-hybridized carbons (Fsp3) is 0.452. The van der Waals surface area contributed by atoms with Crippen molar-refractivity contribution in [3.63, 3.8) is 0 Å². The average molecular weight is 472 g/mol. The number of aryl methyl sites for hydroxylation is 1. The number of imidazole rings is 1.